The van der Waals surface area contributed by atoms with Crippen LogP contribution in [0.1, 0.15) is 29.3 Å². The molecule has 0 bridgehead atoms. The average Bonchev–Trinajstić information content (AvgIpc) is 2.39. The summed E-state index contributed by atoms with van der Waals surface area (Å²) in [5.74, 6) is -1.06. The number of hydrogen-bond donors (Lipinski definition) is 3. The van der Waals surface area contributed by atoms with Crippen LogP contribution in [0.3, 0.4) is 0 Å². The van der Waals surface area contributed by atoms with Crippen LogP contribution in [0.2, 0.25) is 0 Å². The number of rotatable bonds is 4. The summed E-state index contributed by atoms with van der Waals surface area (Å²) < 4.78 is 13.4. The Morgan fingerprint density at radius 3 is 2.86 bits per heavy atom. The lowest BCUT2D eigenvalue weighted by molar-refractivity contribution is 0.0944. The number of aliphatic hydroxyl groups is 1. The molecule has 5 nitrogen and oxygen atoms in total. The minimum atomic E-state index is -0.541. The Labute approximate surface area is 120 Å². The van der Waals surface area contributed by atoms with Crippen LogP contribution in [0, 0.1) is 12.7 Å². The maximum Gasteiger partial charge on any atom is 0.256 e. The van der Waals surface area contributed by atoms with E-state index in [-0.39, 0.29) is 17.5 Å². The molecule has 0 fully saturated rings. The Bertz CT molecular complexity index is 738. The molecule has 0 aliphatic heterocycles. The lowest BCUT2D eigenvalue weighted by Crippen LogP contribution is -2.30. The number of aliphatic hydroxyl groups excluding tert-OH is 1. The van der Waals surface area contributed by atoms with E-state index in [4.69, 9.17) is 5.11 Å². The maximum atomic E-state index is 13.4. The van der Waals surface area contributed by atoms with Gasteiger partial charge < -0.3 is 15.4 Å². The van der Waals surface area contributed by atoms with Gasteiger partial charge in [-0.1, -0.05) is 0 Å². The van der Waals surface area contributed by atoms with Gasteiger partial charge in [0.2, 0.25) is 5.43 Å². The van der Waals surface area contributed by atoms with Gasteiger partial charge in [0.05, 0.1) is 11.6 Å². The number of carbonyl (C=O) groups is 1. The summed E-state index contributed by atoms with van der Waals surface area (Å²) in [6.07, 6.45) is 1.19. The summed E-state index contributed by atoms with van der Waals surface area (Å²) >= 11 is 0. The van der Waals surface area contributed by atoms with E-state index in [9.17, 15) is 14.0 Å². The summed E-state index contributed by atoms with van der Waals surface area (Å²) in [5.41, 5.74) is 0.532. The molecule has 0 saturated heterocycles. The Kier molecular flexibility index (Phi) is 4.37. The fourth-order valence-electron chi connectivity index (χ4n) is 2.13. The molecule has 0 radical (unpaired) electrons. The first-order valence-corrected chi connectivity index (χ1v) is 6.68. The fourth-order valence-corrected chi connectivity index (χ4v) is 2.13. The van der Waals surface area contributed by atoms with E-state index < -0.39 is 23.3 Å². The smallest absolute Gasteiger partial charge is 0.256 e. The molecule has 1 unspecified atom stereocenters. The van der Waals surface area contributed by atoms with E-state index in [0.29, 0.717) is 17.5 Å². The molecule has 0 saturated carbocycles. The Morgan fingerprint density at radius 1 is 1.48 bits per heavy atom. The topological polar surface area (TPSA) is 82.2 Å². The van der Waals surface area contributed by atoms with Crippen LogP contribution in [-0.4, -0.2) is 28.6 Å². The number of aromatic amines is 1. The second kappa shape index (κ2) is 6.05. The summed E-state index contributed by atoms with van der Waals surface area (Å²) in [6.45, 7) is 3.56. The Balaban J connectivity index is 2.36. The van der Waals surface area contributed by atoms with Crippen molar-refractivity contribution in [3.05, 3.63) is 45.5 Å². The first-order chi connectivity index (χ1) is 9.90. The third-order valence-electron chi connectivity index (χ3n) is 3.24. The van der Waals surface area contributed by atoms with E-state index >= 15 is 0 Å². The minimum Gasteiger partial charge on any atom is -0.393 e. The molecule has 3 N–H and O–H groups in total. The lowest BCUT2D eigenvalue weighted by atomic mass is 10.1. The van der Waals surface area contributed by atoms with E-state index in [0.717, 1.165) is 6.07 Å². The van der Waals surface area contributed by atoms with Gasteiger partial charge in [-0.2, -0.15) is 0 Å². The molecule has 1 amide bonds. The van der Waals surface area contributed by atoms with Crippen molar-refractivity contribution in [2.24, 2.45) is 0 Å². The summed E-state index contributed by atoms with van der Waals surface area (Å²) in [6, 6.07) is 2.44. The molecule has 0 aliphatic carbocycles. The molecule has 2 aromatic rings. The third kappa shape index (κ3) is 3.28. The molecule has 1 aromatic heterocycles. The highest BCUT2D eigenvalue weighted by Gasteiger charge is 2.14. The second-order valence-electron chi connectivity index (χ2n) is 5.07. The van der Waals surface area contributed by atoms with Crippen molar-refractivity contribution >= 4 is 16.8 Å². The van der Waals surface area contributed by atoms with Gasteiger partial charge in [-0.05, 0) is 38.0 Å². The van der Waals surface area contributed by atoms with Crippen LogP contribution in [0.25, 0.3) is 10.9 Å². The van der Waals surface area contributed by atoms with Crippen molar-refractivity contribution in [2.45, 2.75) is 26.4 Å². The summed E-state index contributed by atoms with van der Waals surface area (Å²) in [5, 5.41) is 11.8. The predicted octanol–water partition coefficient (Wildman–Crippen LogP) is 1.48. The van der Waals surface area contributed by atoms with E-state index in [1.165, 1.54) is 12.3 Å². The lowest BCUT2D eigenvalue weighted by Gasteiger charge is -2.08. The molecule has 1 aromatic carbocycles. The van der Waals surface area contributed by atoms with E-state index in [1.54, 1.807) is 13.8 Å². The van der Waals surface area contributed by atoms with Gasteiger partial charge in [0.1, 0.15) is 11.4 Å². The zero-order valence-electron chi connectivity index (χ0n) is 11.9. The largest absolute Gasteiger partial charge is 0.393 e. The number of nitrogens with one attached hydrogen (secondary N) is 2. The normalized spacial score (nSPS) is 12.4. The molecule has 112 valence electrons. The standard InChI is InChI=1S/C15H17FN2O3/c1-8-5-10(16)6-11-13(8)18-7-12(14(11)20)15(21)17-4-3-9(2)19/h5-7,9,19H,3-4H2,1-2H3,(H,17,21)(H,18,20). The van der Waals surface area contributed by atoms with Crippen LogP contribution in [0.15, 0.2) is 23.1 Å². The molecular weight excluding hydrogens is 275 g/mol. The van der Waals surface area contributed by atoms with Crippen LogP contribution < -0.4 is 10.7 Å². The highest BCUT2D eigenvalue weighted by molar-refractivity contribution is 5.97. The van der Waals surface area contributed by atoms with Gasteiger partial charge in [-0.15, -0.1) is 0 Å². The molecule has 1 heterocycles. The van der Waals surface area contributed by atoms with Gasteiger partial charge >= 0.3 is 0 Å². The summed E-state index contributed by atoms with van der Waals surface area (Å²) in [4.78, 5) is 27.1. The van der Waals surface area contributed by atoms with Gasteiger partial charge in [0.25, 0.3) is 5.91 Å². The zero-order valence-corrected chi connectivity index (χ0v) is 11.9. The highest BCUT2D eigenvalue weighted by Crippen LogP contribution is 2.15. The third-order valence-corrected chi connectivity index (χ3v) is 3.24. The number of pyridine rings is 1. The van der Waals surface area contributed by atoms with Gasteiger partial charge in [-0.25, -0.2) is 4.39 Å². The molecule has 21 heavy (non-hydrogen) atoms. The molecule has 6 heteroatoms. The Hall–Kier alpha value is -2.21. The van der Waals surface area contributed by atoms with Crippen molar-refractivity contribution < 1.29 is 14.3 Å². The van der Waals surface area contributed by atoms with Crippen molar-refractivity contribution in [3.8, 4) is 0 Å². The van der Waals surface area contributed by atoms with Gasteiger partial charge in [0.15, 0.2) is 0 Å². The zero-order chi connectivity index (χ0) is 15.6. The van der Waals surface area contributed by atoms with Crippen LogP contribution in [0.5, 0.6) is 0 Å². The van der Waals surface area contributed by atoms with E-state index in [2.05, 4.69) is 10.3 Å². The van der Waals surface area contributed by atoms with Crippen LogP contribution in [-0.2, 0) is 0 Å². The van der Waals surface area contributed by atoms with Gasteiger partial charge in [0, 0.05) is 18.1 Å². The number of benzene rings is 1. The number of aromatic nitrogens is 1. The molecule has 0 aliphatic rings. The first-order valence-electron chi connectivity index (χ1n) is 6.68. The predicted molar refractivity (Wildman–Crippen MR) is 77.9 cm³/mol. The summed E-state index contributed by atoms with van der Waals surface area (Å²) in [7, 11) is 0. The first kappa shape index (κ1) is 15.2. The number of H-pyrrole nitrogens is 1. The minimum absolute atomic E-state index is 0.0712. The number of aryl methyl sites for hydroxylation is 1. The molecule has 0 spiro atoms. The number of hydrogen-bond acceptors (Lipinski definition) is 3. The van der Waals surface area contributed by atoms with E-state index in [1.807, 2.05) is 0 Å². The van der Waals surface area contributed by atoms with Crippen LogP contribution in [0.4, 0.5) is 4.39 Å². The SMILES string of the molecule is Cc1cc(F)cc2c(=O)c(C(=O)NCCC(C)O)c[nH]c12. The molecule has 2 rings (SSSR count). The highest BCUT2D eigenvalue weighted by atomic mass is 19.1. The average molecular weight is 292 g/mol. The quantitative estimate of drug-likeness (QED) is 0.798. The monoisotopic (exact) mass is 292 g/mol. The Morgan fingerprint density at radius 2 is 2.19 bits per heavy atom. The van der Waals surface area contributed by atoms with Crippen molar-refractivity contribution in [1.82, 2.24) is 10.3 Å². The molecule has 1 atom stereocenters. The van der Waals surface area contributed by atoms with Crippen LogP contribution >= 0.6 is 0 Å². The maximum absolute atomic E-state index is 13.4. The number of fused-ring (bicyclic) bond motifs is 1. The molecular formula is C15H17FN2O3. The number of carbonyl (C=O) groups excluding carboxylic acids is 1. The second-order valence-corrected chi connectivity index (χ2v) is 5.07. The van der Waals surface area contributed by atoms with Crippen molar-refractivity contribution in [2.75, 3.05) is 6.54 Å². The number of halogens is 1. The number of amides is 1. The van der Waals surface area contributed by atoms with Crippen molar-refractivity contribution in [3.63, 3.8) is 0 Å². The van der Waals surface area contributed by atoms with Gasteiger partial charge in [-0.3, -0.25) is 9.59 Å². The van der Waals surface area contributed by atoms with Crippen molar-refractivity contribution in [1.29, 1.82) is 0 Å². The fraction of sp³-hybridized carbons (Fsp3) is 0.333.